The summed E-state index contributed by atoms with van der Waals surface area (Å²) in [5.74, 6) is -0.212. The van der Waals surface area contributed by atoms with Gasteiger partial charge in [-0.2, -0.15) is 5.26 Å². The molecular formula is C10H5FINS. The fraction of sp³-hybridized carbons (Fsp3) is 0.100. The number of nitrogens with zero attached hydrogens (tertiary/aromatic N) is 1. The van der Waals surface area contributed by atoms with Gasteiger partial charge in [-0.1, -0.05) is 0 Å². The molecule has 2 rings (SSSR count). The van der Waals surface area contributed by atoms with Crippen molar-refractivity contribution in [2.24, 2.45) is 0 Å². The molecule has 0 spiro atoms. The Labute approximate surface area is 98.3 Å². The highest BCUT2D eigenvalue weighted by Gasteiger charge is 2.07. The lowest BCUT2D eigenvalue weighted by Crippen LogP contribution is -1.82. The third-order valence-electron chi connectivity index (χ3n) is 1.97. The Bertz CT molecular complexity index is 527. The molecule has 0 atom stereocenters. The van der Waals surface area contributed by atoms with Crippen LogP contribution in [0, 0.1) is 20.7 Å². The minimum atomic E-state index is -0.212. The number of rotatable bonds is 1. The molecule has 0 saturated heterocycles. The zero-order chi connectivity index (χ0) is 10.1. The van der Waals surface area contributed by atoms with Gasteiger partial charge >= 0.3 is 0 Å². The molecule has 0 radical (unpaired) electrons. The van der Waals surface area contributed by atoms with Crippen molar-refractivity contribution in [2.45, 2.75) is 6.42 Å². The van der Waals surface area contributed by atoms with E-state index in [1.165, 1.54) is 6.07 Å². The molecule has 0 unspecified atom stereocenters. The molecule has 14 heavy (non-hydrogen) atoms. The second-order valence-corrected chi connectivity index (χ2v) is 4.93. The van der Waals surface area contributed by atoms with E-state index in [2.05, 4.69) is 6.07 Å². The van der Waals surface area contributed by atoms with Gasteiger partial charge in [-0.05, 0) is 51.1 Å². The maximum atomic E-state index is 13.3. The molecule has 0 aliphatic heterocycles. The van der Waals surface area contributed by atoms with Crippen molar-refractivity contribution in [2.75, 3.05) is 0 Å². The minimum Gasteiger partial charge on any atom is -0.206 e. The molecule has 1 aromatic carbocycles. The third kappa shape index (κ3) is 1.62. The number of hydrogen-bond donors (Lipinski definition) is 0. The van der Waals surface area contributed by atoms with Crippen LogP contribution in [0.25, 0.3) is 10.1 Å². The van der Waals surface area contributed by atoms with Crippen LogP contribution in [-0.2, 0) is 6.42 Å². The molecule has 0 aliphatic rings. The topological polar surface area (TPSA) is 23.8 Å². The van der Waals surface area contributed by atoms with Crippen LogP contribution in [0.5, 0.6) is 0 Å². The minimum absolute atomic E-state index is 0.212. The van der Waals surface area contributed by atoms with Crippen LogP contribution in [0.15, 0.2) is 17.5 Å². The number of halogens is 2. The normalized spacial score (nSPS) is 10.4. The summed E-state index contributed by atoms with van der Waals surface area (Å²) in [4.78, 5) is 0. The van der Waals surface area contributed by atoms with Gasteiger partial charge in [0, 0.05) is 4.70 Å². The van der Waals surface area contributed by atoms with Crippen molar-refractivity contribution in [1.82, 2.24) is 0 Å². The Kier molecular flexibility index (Phi) is 2.70. The Balaban J connectivity index is 2.69. The van der Waals surface area contributed by atoms with Crippen LogP contribution in [0.1, 0.15) is 5.56 Å². The Hall–Kier alpha value is -0.670. The molecule has 0 amide bonds. The molecule has 70 valence electrons. The standard InChI is InChI=1S/C10H5FINS/c11-8-3-7-6(1-2-13)5-14-10(7)4-9(8)12/h3-5H,1H2. The SMILES string of the molecule is N#CCc1csc2cc(I)c(F)cc12. The van der Waals surface area contributed by atoms with E-state index in [1.807, 2.05) is 34.0 Å². The van der Waals surface area contributed by atoms with Crippen LogP contribution >= 0.6 is 33.9 Å². The summed E-state index contributed by atoms with van der Waals surface area (Å²) in [7, 11) is 0. The first-order valence-corrected chi connectivity index (χ1v) is 5.90. The Morgan fingerprint density at radius 1 is 1.50 bits per heavy atom. The zero-order valence-corrected chi connectivity index (χ0v) is 10.0. The number of fused-ring (bicyclic) bond motifs is 1. The molecule has 0 bridgehead atoms. The second-order valence-electron chi connectivity index (χ2n) is 2.86. The Morgan fingerprint density at radius 2 is 2.29 bits per heavy atom. The van der Waals surface area contributed by atoms with Crippen molar-refractivity contribution in [3.63, 3.8) is 0 Å². The van der Waals surface area contributed by atoms with E-state index in [-0.39, 0.29) is 5.82 Å². The summed E-state index contributed by atoms with van der Waals surface area (Å²) in [6.07, 6.45) is 0.347. The number of thiophene rings is 1. The van der Waals surface area contributed by atoms with Crippen molar-refractivity contribution in [1.29, 1.82) is 5.26 Å². The van der Waals surface area contributed by atoms with E-state index in [1.54, 1.807) is 11.3 Å². The first-order valence-electron chi connectivity index (χ1n) is 3.94. The van der Waals surface area contributed by atoms with Crippen molar-refractivity contribution < 1.29 is 4.39 Å². The molecule has 0 aliphatic carbocycles. The van der Waals surface area contributed by atoms with Gasteiger partial charge in [-0.25, -0.2) is 4.39 Å². The van der Waals surface area contributed by atoms with E-state index in [0.717, 1.165) is 15.6 Å². The molecular weight excluding hydrogens is 312 g/mol. The summed E-state index contributed by atoms with van der Waals surface area (Å²) < 4.78 is 14.9. The van der Waals surface area contributed by atoms with Crippen molar-refractivity contribution in [3.8, 4) is 6.07 Å². The van der Waals surface area contributed by atoms with E-state index >= 15 is 0 Å². The van der Waals surface area contributed by atoms with Gasteiger partial charge in [0.15, 0.2) is 0 Å². The molecule has 1 nitrogen and oxygen atoms in total. The van der Waals surface area contributed by atoms with Gasteiger partial charge in [0.25, 0.3) is 0 Å². The smallest absolute Gasteiger partial charge is 0.137 e. The van der Waals surface area contributed by atoms with E-state index in [0.29, 0.717) is 9.99 Å². The highest BCUT2D eigenvalue weighted by atomic mass is 127. The van der Waals surface area contributed by atoms with E-state index < -0.39 is 0 Å². The molecule has 2 aromatic rings. The molecule has 0 saturated carbocycles. The molecule has 0 fully saturated rings. The fourth-order valence-corrected chi connectivity index (χ4v) is 2.96. The highest BCUT2D eigenvalue weighted by molar-refractivity contribution is 14.1. The molecule has 4 heteroatoms. The highest BCUT2D eigenvalue weighted by Crippen LogP contribution is 2.29. The first-order chi connectivity index (χ1) is 6.72. The molecule has 1 heterocycles. The van der Waals surface area contributed by atoms with Crippen LogP contribution < -0.4 is 0 Å². The van der Waals surface area contributed by atoms with Crippen LogP contribution in [0.2, 0.25) is 0 Å². The lowest BCUT2D eigenvalue weighted by molar-refractivity contribution is 0.622. The van der Waals surface area contributed by atoms with Gasteiger partial charge in [0.2, 0.25) is 0 Å². The predicted octanol–water partition coefficient (Wildman–Crippen LogP) is 3.71. The fourth-order valence-electron chi connectivity index (χ4n) is 1.30. The molecule has 1 aromatic heterocycles. The van der Waals surface area contributed by atoms with Crippen LogP contribution in [0.3, 0.4) is 0 Å². The second kappa shape index (κ2) is 3.83. The van der Waals surface area contributed by atoms with E-state index in [4.69, 9.17) is 5.26 Å². The lowest BCUT2D eigenvalue weighted by atomic mass is 10.1. The third-order valence-corrected chi connectivity index (χ3v) is 3.79. The first kappa shape index (κ1) is 9.87. The lowest BCUT2D eigenvalue weighted by Gasteiger charge is -1.96. The van der Waals surface area contributed by atoms with Crippen molar-refractivity contribution in [3.05, 3.63) is 32.5 Å². The quantitative estimate of drug-likeness (QED) is 0.736. The summed E-state index contributed by atoms with van der Waals surface area (Å²) >= 11 is 3.52. The maximum Gasteiger partial charge on any atom is 0.137 e. The van der Waals surface area contributed by atoms with Gasteiger partial charge in [0.1, 0.15) is 5.82 Å². The van der Waals surface area contributed by atoms with Gasteiger partial charge in [-0.3, -0.25) is 0 Å². The average Bonchev–Trinajstić information content (AvgIpc) is 2.51. The molecule has 0 N–H and O–H groups in total. The average molecular weight is 317 g/mol. The Morgan fingerprint density at radius 3 is 3.00 bits per heavy atom. The largest absolute Gasteiger partial charge is 0.206 e. The van der Waals surface area contributed by atoms with Crippen molar-refractivity contribution >= 4 is 44.0 Å². The zero-order valence-electron chi connectivity index (χ0n) is 7.05. The maximum absolute atomic E-state index is 13.3. The predicted molar refractivity (Wildman–Crippen MR) is 63.8 cm³/mol. The van der Waals surface area contributed by atoms with Gasteiger partial charge < -0.3 is 0 Å². The number of nitriles is 1. The van der Waals surface area contributed by atoms with Crippen LogP contribution in [-0.4, -0.2) is 0 Å². The summed E-state index contributed by atoms with van der Waals surface area (Å²) in [6.45, 7) is 0. The summed E-state index contributed by atoms with van der Waals surface area (Å²) in [6, 6.07) is 5.41. The van der Waals surface area contributed by atoms with E-state index in [9.17, 15) is 4.39 Å². The number of benzene rings is 1. The van der Waals surface area contributed by atoms with Gasteiger partial charge in [0.05, 0.1) is 16.1 Å². The number of hydrogen-bond acceptors (Lipinski definition) is 2. The summed E-state index contributed by atoms with van der Waals surface area (Å²) in [5, 5.41) is 11.4. The summed E-state index contributed by atoms with van der Waals surface area (Å²) in [5.41, 5.74) is 0.919. The van der Waals surface area contributed by atoms with Gasteiger partial charge in [-0.15, -0.1) is 11.3 Å². The van der Waals surface area contributed by atoms with Crippen LogP contribution in [0.4, 0.5) is 4.39 Å². The monoisotopic (exact) mass is 317 g/mol.